The summed E-state index contributed by atoms with van der Waals surface area (Å²) >= 11 is 0. The molecule has 0 aliphatic heterocycles. The number of hydrogen-bond acceptors (Lipinski definition) is 9. The number of benzene rings is 5. The first-order chi connectivity index (χ1) is 28.1. The van der Waals surface area contributed by atoms with Crippen molar-refractivity contribution in [3.05, 3.63) is 186 Å². The molecule has 3 aromatic heterocycles. The highest BCUT2D eigenvalue weighted by Gasteiger charge is 2.41. The van der Waals surface area contributed by atoms with Crippen LogP contribution in [0.3, 0.4) is 0 Å². The molecule has 0 aliphatic rings. The van der Waals surface area contributed by atoms with Gasteiger partial charge in [-0.15, -0.1) is 15.0 Å². The number of ether oxygens (including phenoxy) is 3. The molecule has 10 nitrogen and oxygen atoms in total. The van der Waals surface area contributed by atoms with Crippen molar-refractivity contribution >= 4 is 17.0 Å². The van der Waals surface area contributed by atoms with Crippen LogP contribution in [0.2, 0.25) is 0 Å². The van der Waals surface area contributed by atoms with Crippen molar-refractivity contribution < 1.29 is 19.0 Å². The summed E-state index contributed by atoms with van der Waals surface area (Å²) in [7, 11) is 0. The lowest BCUT2D eigenvalue weighted by Gasteiger charge is -2.34. The van der Waals surface area contributed by atoms with E-state index in [2.05, 4.69) is 65.6 Å². The zero-order valence-electron chi connectivity index (χ0n) is 31.7. The molecule has 8 aromatic rings. The third kappa shape index (κ3) is 7.57. The van der Waals surface area contributed by atoms with Gasteiger partial charge in [0.2, 0.25) is 11.7 Å². The Morgan fingerprint density at radius 2 is 1.30 bits per heavy atom. The number of pyridine rings is 2. The van der Waals surface area contributed by atoms with Gasteiger partial charge in [0, 0.05) is 23.4 Å². The van der Waals surface area contributed by atoms with Crippen LogP contribution in [0.1, 0.15) is 41.8 Å². The van der Waals surface area contributed by atoms with Crippen molar-refractivity contribution in [2.24, 2.45) is 0 Å². The third-order valence-electron chi connectivity index (χ3n) is 9.74. The van der Waals surface area contributed by atoms with Crippen LogP contribution in [0.5, 0.6) is 11.6 Å². The van der Waals surface area contributed by atoms with Gasteiger partial charge in [0.25, 0.3) is 0 Å². The molecule has 0 aliphatic carbocycles. The van der Waals surface area contributed by atoms with Gasteiger partial charge in [-0.1, -0.05) is 140 Å². The van der Waals surface area contributed by atoms with Crippen LogP contribution < -0.4 is 9.47 Å². The molecule has 0 atom stereocenters. The van der Waals surface area contributed by atoms with Gasteiger partial charge < -0.3 is 14.2 Å². The van der Waals surface area contributed by atoms with E-state index in [-0.39, 0.29) is 25.7 Å². The highest BCUT2D eigenvalue weighted by atomic mass is 16.6. The molecular formula is C47H40N6O4. The average molecular weight is 753 g/mol. The monoisotopic (exact) mass is 752 g/mol. The standard InChI is InChI=1S/C47H40N6O4/c1-3-38-30-42(45-41(48-38)27-28-43(49-45)57-32-44(54)55-4-2)56-31-33-25-26-39(34-17-9-5-10-18-34)40(29-33)46-50-52-53(51-46)47(35-19-11-6-12-20-35,36-21-13-7-14-22-36)37-23-15-8-16-24-37/h5-30H,3-4,31-32H2,1-2H3. The minimum atomic E-state index is -0.923. The molecule has 5 aromatic carbocycles. The molecule has 0 fully saturated rings. The zero-order chi connectivity index (χ0) is 39.0. The number of aryl methyl sites for hydroxylation is 1. The van der Waals surface area contributed by atoms with E-state index in [1.807, 2.05) is 97.9 Å². The summed E-state index contributed by atoms with van der Waals surface area (Å²) < 4.78 is 17.2. The second-order valence-electron chi connectivity index (χ2n) is 13.3. The number of carbonyl (C=O) groups excluding carboxylic acids is 1. The van der Waals surface area contributed by atoms with E-state index in [0.29, 0.717) is 29.0 Å². The van der Waals surface area contributed by atoms with E-state index in [4.69, 9.17) is 34.6 Å². The molecule has 10 heteroatoms. The summed E-state index contributed by atoms with van der Waals surface area (Å²) in [5, 5.41) is 14.8. The van der Waals surface area contributed by atoms with Crippen molar-refractivity contribution in [3.63, 3.8) is 0 Å². The molecule has 0 amide bonds. The van der Waals surface area contributed by atoms with Gasteiger partial charge in [-0.2, -0.15) is 0 Å². The Labute approximate surface area is 330 Å². The van der Waals surface area contributed by atoms with Gasteiger partial charge in [-0.05, 0) is 64.1 Å². The molecule has 0 saturated carbocycles. The lowest BCUT2D eigenvalue weighted by Crippen LogP contribution is -2.39. The van der Waals surface area contributed by atoms with Gasteiger partial charge in [0.1, 0.15) is 17.9 Å². The van der Waals surface area contributed by atoms with Gasteiger partial charge in [0.15, 0.2) is 12.1 Å². The minimum absolute atomic E-state index is 0.218. The maximum atomic E-state index is 12.0. The van der Waals surface area contributed by atoms with Crippen LogP contribution >= 0.6 is 0 Å². The summed E-state index contributed by atoms with van der Waals surface area (Å²) in [6, 6.07) is 52.6. The van der Waals surface area contributed by atoms with Crippen LogP contribution in [0.25, 0.3) is 33.5 Å². The lowest BCUT2D eigenvalue weighted by atomic mass is 9.77. The first kappa shape index (κ1) is 36.8. The molecule has 0 radical (unpaired) electrons. The van der Waals surface area contributed by atoms with E-state index in [1.54, 1.807) is 17.8 Å². The van der Waals surface area contributed by atoms with E-state index in [9.17, 15) is 4.79 Å². The molecule has 0 spiro atoms. The quantitative estimate of drug-likeness (QED) is 0.0794. The van der Waals surface area contributed by atoms with E-state index in [0.717, 1.165) is 44.6 Å². The van der Waals surface area contributed by atoms with Gasteiger partial charge >= 0.3 is 5.97 Å². The highest BCUT2D eigenvalue weighted by molar-refractivity contribution is 5.82. The predicted molar refractivity (Wildman–Crippen MR) is 219 cm³/mol. The molecule has 0 saturated heterocycles. The van der Waals surface area contributed by atoms with Crippen LogP contribution in [-0.2, 0) is 28.1 Å². The fraction of sp³-hybridized carbons (Fsp3) is 0.149. The SMILES string of the molecule is CCOC(=O)COc1ccc2nc(CC)cc(OCc3ccc(-c4ccccc4)c(-c4nnn(C(c5ccccc5)(c5ccccc5)c5ccccc5)n4)c3)c2n1. The summed E-state index contributed by atoms with van der Waals surface area (Å²) in [6.07, 6.45) is 0.709. The Balaban J connectivity index is 1.20. The number of aromatic nitrogens is 6. The Kier molecular flexibility index (Phi) is 10.7. The lowest BCUT2D eigenvalue weighted by molar-refractivity contribution is -0.145. The van der Waals surface area contributed by atoms with Gasteiger partial charge in [-0.25, -0.2) is 9.78 Å². The molecule has 0 unspecified atom stereocenters. The smallest absolute Gasteiger partial charge is 0.344 e. The first-order valence-electron chi connectivity index (χ1n) is 18.9. The minimum Gasteiger partial charge on any atom is -0.486 e. The van der Waals surface area contributed by atoms with E-state index < -0.39 is 11.5 Å². The third-order valence-corrected chi connectivity index (χ3v) is 9.74. The number of esters is 1. The Morgan fingerprint density at radius 3 is 1.91 bits per heavy atom. The van der Waals surface area contributed by atoms with Gasteiger partial charge in [0.05, 0.1) is 12.1 Å². The predicted octanol–water partition coefficient (Wildman–Crippen LogP) is 8.87. The summed E-state index contributed by atoms with van der Waals surface area (Å²) in [6.45, 7) is 4.03. The number of carbonyl (C=O) groups is 1. The summed E-state index contributed by atoms with van der Waals surface area (Å²) in [5.41, 5.74) is 7.78. The van der Waals surface area contributed by atoms with Crippen molar-refractivity contribution in [1.29, 1.82) is 0 Å². The number of tetrazole rings is 1. The van der Waals surface area contributed by atoms with Crippen LogP contribution in [0.4, 0.5) is 0 Å². The maximum Gasteiger partial charge on any atom is 0.344 e. The van der Waals surface area contributed by atoms with E-state index >= 15 is 0 Å². The topological polar surface area (TPSA) is 114 Å². The Bertz CT molecular complexity index is 2500. The normalized spacial score (nSPS) is 11.3. The average Bonchev–Trinajstić information content (AvgIpc) is 3.77. The van der Waals surface area contributed by atoms with Crippen molar-refractivity contribution in [3.8, 4) is 34.1 Å². The molecule has 8 rings (SSSR count). The number of hydrogen-bond donors (Lipinski definition) is 0. The number of fused-ring (bicyclic) bond motifs is 1. The largest absolute Gasteiger partial charge is 0.486 e. The Morgan fingerprint density at radius 1 is 0.667 bits per heavy atom. The second kappa shape index (κ2) is 16.7. The summed E-state index contributed by atoms with van der Waals surface area (Å²) in [4.78, 5) is 23.1. The van der Waals surface area contributed by atoms with Crippen molar-refractivity contribution in [2.45, 2.75) is 32.4 Å². The number of nitrogens with zero attached hydrogens (tertiary/aromatic N) is 6. The molecule has 0 bridgehead atoms. The van der Waals surface area contributed by atoms with Crippen LogP contribution in [0, 0.1) is 0 Å². The van der Waals surface area contributed by atoms with E-state index in [1.165, 1.54) is 0 Å². The summed E-state index contributed by atoms with van der Waals surface area (Å²) in [5.74, 6) is 0.823. The first-order valence-corrected chi connectivity index (χ1v) is 18.9. The molecular weight excluding hydrogens is 713 g/mol. The number of rotatable bonds is 14. The Hall–Kier alpha value is -7.20. The van der Waals surface area contributed by atoms with Gasteiger partial charge in [-0.3, -0.25) is 4.98 Å². The fourth-order valence-electron chi connectivity index (χ4n) is 7.06. The fourth-order valence-corrected chi connectivity index (χ4v) is 7.06. The molecule has 57 heavy (non-hydrogen) atoms. The maximum absolute atomic E-state index is 12.0. The van der Waals surface area contributed by atoms with Crippen molar-refractivity contribution in [1.82, 2.24) is 30.2 Å². The molecule has 3 heterocycles. The molecule has 0 N–H and O–H groups in total. The van der Waals surface area contributed by atoms with Crippen molar-refractivity contribution in [2.75, 3.05) is 13.2 Å². The zero-order valence-corrected chi connectivity index (χ0v) is 31.7. The molecule has 282 valence electrons. The van der Waals surface area contributed by atoms with Crippen LogP contribution in [0.15, 0.2) is 158 Å². The second-order valence-corrected chi connectivity index (χ2v) is 13.3. The highest BCUT2D eigenvalue weighted by Crippen LogP contribution is 2.41. The van der Waals surface area contributed by atoms with Crippen LogP contribution in [-0.4, -0.2) is 49.4 Å².